The molecule has 0 aliphatic carbocycles. The Morgan fingerprint density at radius 3 is 2.91 bits per heavy atom. The average molecular weight is 633 g/mol. The Morgan fingerprint density at radius 1 is 1.23 bits per heavy atom. The van der Waals surface area contributed by atoms with Crippen molar-refractivity contribution in [3.63, 3.8) is 0 Å². The van der Waals surface area contributed by atoms with E-state index in [-0.39, 0.29) is 24.6 Å². The van der Waals surface area contributed by atoms with Crippen LogP contribution in [0.3, 0.4) is 0 Å². The molecule has 44 heavy (non-hydrogen) atoms. The minimum Gasteiger partial charge on any atom is -0.487 e. The Hall–Kier alpha value is -4.70. The fraction of sp³-hybridized carbons (Fsp3) is 0.226. The van der Waals surface area contributed by atoms with Gasteiger partial charge < -0.3 is 19.3 Å². The zero-order valence-electron chi connectivity index (χ0n) is 23.6. The summed E-state index contributed by atoms with van der Waals surface area (Å²) < 4.78 is 30.7. The number of benzene rings is 2. The predicted molar refractivity (Wildman–Crippen MR) is 166 cm³/mol. The molecule has 224 valence electrons. The topological polar surface area (TPSA) is 123 Å². The third-order valence-corrected chi connectivity index (χ3v) is 8.13. The lowest BCUT2D eigenvalue weighted by molar-refractivity contribution is 0.120. The number of aryl methyl sites for hydroxylation is 2. The minimum absolute atomic E-state index is 0.135. The summed E-state index contributed by atoms with van der Waals surface area (Å²) in [5.41, 5.74) is 3.29. The van der Waals surface area contributed by atoms with Crippen molar-refractivity contribution in [2.24, 2.45) is 0 Å². The number of amides is 1. The molecule has 1 amide bonds. The first-order chi connectivity index (χ1) is 21.3. The van der Waals surface area contributed by atoms with Gasteiger partial charge in [-0.1, -0.05) is 40.7 Å². The van der Waals surface area contributed by atoms with Crippen molar-refractivity contribution in [1.82, 2.24) is 20.4 Å². The molecular weight excluding hydrogens is 607 g/mol. The fourth-order valence-corrected chi connectivity index (χ4v) is 5.78. The molecule has 4 heterocycles. The van der Waals surface area contributed by atoms with Crippen molar-refractivity contribution in [3.05, 3.63) is 87.6 Å². The number of nitrogens with one attached hydrogen (secondary N) is 3. The first kappa shape index (κ1) is 29.4. The highest BCUT2D eigenvalue weighted by Gasteiger charge is 2.26. The van der Waals surface area contributed by atoms with E-state index in [0.717, 1.165) is 15.1 Å². The van der Waals surface area contributed by atoms with Crippen LogP contribution in [-0.2, 0) is 11.3 Å². The van der Waals surface area contributed by atoms with Crippen LogP contribution in [0.5, 0.6) is 5.75 Å². The van der Waals surface area contributed by atoms with E-state index in [1.807, 2.05) is 12.1 Å². The van der Waals surface area contributed by atoms with Gasteiger partial charge in [-0.15, -0.1) is 11.3 Å². The van der Waals surface area contributed by atoms with Gasteiger partial charge in [0, 0.05) is 18.7 Å². The van der Waals surface area contributed by atoms with Crippen LogP contribution in [0.1, 0.15) is 28.3 Å². The molecule has 0 radical (unpaired) electrons. The number of rotatable bonds is 7. The number of anilines is 3. The zero-order chi connectivity index (χ0) is 30.6. The highest BCUT2D eigenvalue weighted by atomic mass is 35.5. The van der Waals surface area contributed by atoms with Gasteiger partial charge in [0.25, 0.3) is 0 Å². The van der Waals surface area contributed by atoms with Gasteiger partial charge in [-0.3, -0.25) is 10.6 Å². The van der Waals surface area contributed by atoms with Gasteiger partial charge in [0.15, 0.2) is 11.6 Å². The van der Waals surface area contributed by atoms with Gasteiger partial charge >= 0.3 is 6.09 Å². The quantitative estimate of drug-likeness (QED) is 0.167. The lowest BCUT2D eigenvalue weighted by atomic mass is 10.2. The Balaban J connectivity index is 1.07. The summed E-state index contributed by atoms with van der Waals surface area (Å²) in [5.74, 6) is 7.74. The first-order valence-corrected chi connectivity index (χ1v) is 14.8. The van der Waals surface area contributed by atoms with E-state index >= 15 is 0 Å². The van der Waals surface area contributed by atoms with Gasteiger partial charge in [-0.2, -0.15) is 0 Å². The average Bonchev–Trinajstić information content (AvgIpc) is 3.71. The summed E-state index contributed by atoms with van der Waals surface area (Å²) >= 11 is 7.94. The summed E-state index contributed by atoms with van der Waals surface area (Å²) in [6.45, 7) is 4.16. The third-order valence-electron chi connectivity index (χ3n) is 6.78. The van der Waals surface area contributed by atoms with Gasteiger partial charge in [0.05, 0.1) is 26.2 Å². The SMILES string of the molecule is Cc1noc(C)c1NC(=O)O[C@H]1CN[C@H](C#Cc2cc3ncnc(Nc4ccc(OCc5cccc(F)c5)c(Cl)c4)c3s2)C1. The molecule has 0 spiro atoms. The molecule has 1 saturated heterocycles. The summed E-state index contributed by atoms with van der Waals surface area (Å²) in [5, 5.41) is 13.5. The molecule has 13 heteroatoms. The molecule has 0 unspecified atom stereocenters. The fourth-order valence-electron chi connectivity index (χ4n) is 4.63. The molecule has 5 aromatic rings. The first-order valence-electron chi connectivity index (χ1n) is 13.6. The smallest absolute Gasteiger partial charge is 0.412 e. The Kier molecular flexibility index (Phi) is 8.60. The van der Waals surface area contributed by atoms with Gasteiger partial charge in [-0.25, -0.2) is 19.2 Å². The van der Waals surface area contributed by atoms with Crippen molar-refractivity contribution in [2.45, 2.75) is 39.0 Å². The summed E-state index contributed by atoms with van der Waals surface area (Å²) in [6.07, 6.45) is 1.17. The lowest BCUT2D eigenvalue weighted by Crippen LogP contribution is -2.24. The minimum atomic E-state index is -0.560. The molecule has 2 aromatic carbocycles. The number of carbonyl (C=O) groups is 1. The highest BCUT2D eigenvalue weighted by Crippen LogP contribution is 2.33. The van der Waals surface area contributed by atoms with Gasteiger partial charge in [-0.05, 0) is 55.8 Å². The predicted octanol–water partition coefficient (Wildman–Crippen LogP) is 6.74. The zero-order valence-corrected chi connectivity index (χ0v) is 25.2. The number of halogens is 2. The van der Waals surface area contributed by atoms with Crippen molar-refractivity contribution in [1.29, 1.82) is 0 Å². The van der Waals surface area contributed by atoms with E-state index in [4.69, 9.17) is 25.6 Å². The molecule has 3 N–H and O–H groups in total. The van der Waals surface area contributed by atoms with Crippen molar-refractivity contribution < 1.29 is 23.2 Å². The highest BCUT2D eigenvalue weighted by molar-refractivity contribution is 7.20. The van der Waals surface area contributed by atoms with E-state index in [9.17, 15) is 9.18 Å². The second-order valence-corrected chi connectivity index (χ2v) is 11.5. The standard InChI is InChI=1S/C31H26ClFN6O4S/c1-17-28(18(2)43-39-17)38-31(40)42-23-11-21(34-14-23)6-8-24-13-26-29(44-24)30(36-16-35-26)37-22-7-9-27(25(32)12-22)41-15-19-4-3-5-20(33)10-19/h3-5,7,9-10,12-13,16,21,23,34H,11,14-15H2,1-2H3,(H,38,40)(H,35,36,37)/t21-,23-/m1/s1. The van der Waals surface area contributed by atoms with Crippen LogP contribution in [0.25, 0.3) is 10.2 Å². The molecule has 10 nitrogen and oxygen atoms in total. The molecular formula is C31H26ClFN6O4S. The number of hydrogen-bond donors (Lipinski definition) is 3. The summed E-state index contributed by atoms with van der Waals surface area (Å²) in [7, 11) is 0. The molecule has 0 bridgehead atoms. The van der Waals surface area contributed by atoms with Crippen LogP contribution >= 0.6 is 22.9 Å². The van der Waals surface area contributed by atoms with Gasteiger partial charge in [0.2, 0.25) is 0 Å². The molecule has 1 aliphatic heterocycles. The number of nitrogens with zero attached hydrogens (tertiary/aromatic N) is 3. The van der Waals surface area contributed by atoms with Crippen molar-refractivity contribution in [2.75, 3.05) is 17.2 Å². The summed E-state index contributed by atoms with van der Waals surface area (Å²) in [6, 6.07) is 13.3. The number of fused-ring (bicyclic) bond motifs is 1. The van der Waals surface area contributed by atoms with E-state index < -0.39 is 6.09 Å². The molecule has 0 saturated carbocycles. The number of aromatic nitrogens is 3. The molecule has 1 aliphatic rings. The van der Waals surface area contributed by atoms with E-state index in [1.165, 1.54) is 29.8 Å². The van der Waals surface area contributed by atoms with Crippen LogP contribution in [0.15, 0.2) is 59.4 Å². The van der Waals surface area contributed by atoms with E-state index in [1.54, 1.807) is 38.1 Å². The Bertz CT molecular complexity index is 1880. The van der Waals surface area contributed by atoms with Crippen LogP contribution in [0.4, 0.5) is 26.4 Å². The number of carbonyl (C=O) groups excluding carboxylic acids is 1. The van der Waals surface area contributed by atoms with E-state index in [0.29, 0.717) is 57.9 Å². The molecule has 6 rings (SSSR count). The second kappa shape index (κ2) is 12.9. The number of ether oxygens (including phenoxy) is 2. The maximum Gasteiger partial charge on any atom is 0.412 e. The number of thiophene rings is 1. The van der Waals surface area contributed by atoms with Crippen molar-refractivity contribution in [3.8, 4) is 17.6 Å². The monoisotopic (exact) mass is 632 g/mol. The third kappa shape index (κ3) is 6.92. The Labute approximate surface area is 260 Å². The summed E-state index contributed by atoms with van der Waals surface area (Å²) in [4.78, 5) is 22.0. The van der Waals surface area contributed by atoms with Gasteiger partial charge in [0.1, 0.15) is 42.0 Å². The van der Waals surface area contributed by atoms with Crippen LogP contribution in [0.2, 0.25) is 5.02 Å². The maximum atomic E-state index is 13.4. The normalized spacial score (nSPS) is 15.9. The molecule has 2 atom stereocenters. The number of hydrogen-bond acceptors (Lipinski definition) is 10. The second-order valence-electron chi connectivity index (χ2n) is 10.1. The maximum absolute atomic E-state index is 13.4. The Morgan fingerprint density at radius 2 is 2.11 bits per heavy atom. The van der Waals surface area contributed by atoms with Crippen LogP contribution in [0, 0.1) is 31.5 Å². The van der Waals surface area contributed by atoms with Crippen molar-refractivity contribution >= 4 is 56.4 Å². The van der Waals surface area contributed by atoms with Crippen LogP contribution in [-0.4, -0.2) is 39.9 Å². The largest absolute Gasteiger partial charge is 0.487 e. The van der Waals surface area contributed by atoms with Crippen LogP contribution < -0.4 is 20.7 Å². The van der Waals surface area contributed by atoms with E-state index in [2.05, 4.69) is 42.9 Å². The molecule has 1 fully saturated rings. The lowest BCUT2D eigenvalue weighted by Gasteiger charge is -2.11. The molecule has 3 aromatic heterocycles.